The first-order valence-corrected chi connectivity index (χ1v) is 8.19. The molecule has 128 valence electrons. The number of benzene rings is 1. The summed E-state index contributed by atoms with van der Waals surface area (Å²) in [5.74, 6) is -1.12. The molecule has 1 aromatic carbocycles. The molecule has 3 rings (SSSR count). The van der Waals surface area contributed by atoms with Gasteiger partial charge in [0.05, 0.1) is 24.3 Å². The Morgan fingerprint density at radius 3 is 2.33 bits per heavy atom. The van der Waals surface area contributed by atoms with E-state index in [0.717, 1.165) is 44.2 Å². The van der Waals surface area contributed by atoms with Gasteiger partial charge in [0, 0.05) is 19.6 Å². The molecule has 7 nitrogen and oxygen atoms in total. The molecule has 0 spiro atoms. The zero-order valence-corrected chi connectivity index (χ0v) is 13.5. The molecule has 1 N–H and O–H groups in total. The summed E-state index contributed by atoms with van der Waals surface area (Å²) in [7, 11) is 0. The van der Waals surface area contributed by atoms with Crippen LogP contribution in [0, 0.1) is 0 Å². The predicted molar refractivity (Wildman–Crippen MR) is 86.7 cm³/mol. The maximum atomic E-state index is 12.2. The van der Waals surface area contributed by atoms with Crippen molar-refractivity contribution >= 4 is 17.7 Å². The van der Waals surface area contributed by atoms with Crippen LogP contribution in [-0.2, 0) is 9.53 Å². The highest BCUT2D eigenvalue weighted by atomic mass is 16.5. The fraction of sp³-hybridized carbons (Fsp3) is 0.471. The van der Waals surface area contributed by atoms with Crippen molar-refractivity contribution in [1.82, 2.24) is 15.1 Å². The second kappa shape index (κ2) is 7.55. The first-order chi connectivity index (χ1) is 11.7. The Morgan fingerprint density at radius 2 is 1.71 bits per heavy atom. The van der Waals surface area contributed by atoms with Gasteiger partial charge >= 0.3 is 0 Å². The lowest BCUT2D eigenvalue weighted by atomic mass is 10.1. The van der Waals surface area contributed by atoms with Crippen LogP contribution >= 0.6 is 0 Å². The van der Waals surface area contributed by atoms with Gasteiger partial charge in [0.2, 0.25) is 5.91 Å². The van der Waals surface area contributed by atoms with Gasteiger partial charge in [0.25, 0.3) is 11.8 Å². The van der Waals surface area contributed by atoms with Gasteiger partial charge in [0.1, 0.15) is 6.54 Å². The maximum absolute atomic E-state index is 12.2. The van der Waals surface area contributed by atoms with Crippen molar-refractivity contribution in [3.05, 3.63) is 35.4 Å². The van der Waals surface area contributed by atoms with Gasteiger partial charge in [0.15, 0.2) is 0 Å². The Bertz CT molecular complexity index is 605. The van der Waals surface area contributed by atoms with Crippen molar-refractivity contribution < 1.29 is 19.1 Å². The van der Waals surface area contributed by atoms with Crippen LogP contribution in [0.4, 0.5) is 0 Å². The number of amides is 3. The number of imide groups is 1. The molecule has 0 saturated carbocycles. The van der Waals surface area contributed by atoms with Gasteiger partial charge in [-0.25, -0.2) is 0 Å². The second-order valence-electron chi connectivity index (χ2n) is 5.90. The van der Waals surface area contributed by atoms with Crippen LogP contribution in [-0.4, -0.2) is 73.5 Å². The van der Waals surface area contributed by atoms with Gasteiger partial charge < -0.3 is 10.1 Å². The summed E-state index contributed by atoms with van der Waals surface area (Å²) in [6.45, 7) is 4.55. The normalized spacial score (nSPS) is 17.9. The van der Waals surface area contributed by atoms with Gasteiger partial charge in [-0.1, -0.05) is 12.1 Å². The molecule has 0 aliphatic carbocycles. The average Bonchev–Trinajstić information content (AvgIpc) is 2.85. The molecule has 1 fully saturated rings. The molecule has 2 aliphatic heterocycles. The highest BCUT2D eigenvalue weighted by Crippen LogP contribution is 2.21. The third-order valence-electron chi connectivity index (χ3n) is 4.26. The first-order valence-electron chi connectivity index (χ1n) is 8.19. The van der Waals surface area contributed by atoms with E-state index < -0.39 is 11.8 Å². The smallest absolute Gasteiger partial charge is 0.262 e. The minimum atomic E-state index is -0.404. The van der Waals surface area contributed by atoms with Gasteiger partial charge in [-0.3, -0.25) is 24.2 Å². The van der Waals surface area contributed by atoms with E-state index in [2.05, 4.69) is 10.2 Å². The molecule has 0 bridgehead atoms. The molecule has 0 radical (unpaired) electrons. The molecule has 2 aliphatic rings. The van der Waals surface area contributed by atoms with E-state index in [0.29, 0.717) is 17.7 Å². The third kappa shape index (κ3) is 3.63. The Labute approximate surface area is 140 Å². The summed E-state index contributed by atoms with van der Waals surface area (Å²) < 4.78 is 5.28. The SMILES string of the molecule is O=C(CN1C(=O)c2ccccc2C1=O)NCCCN1CCOCC1. The largest absolute Gasteiger partial charge is 0.379 e. The molecule has 0 aromatic heterocycles. The van der Waals surface area contributed by atoms with E-state index in [1.54, 1.807) is 24.3 Å². The summed E-state index contributed by atoms with van der Waals surface area (Å²) in [4.78, 5) is 39.7. The number of hydrogen-bond donors (Lipinski definition) is 1. The van der Waals surface area contributed by atoms with E-state index in [9.17, 15) is 14.4 Å². The molecule has 3 amide bonds. The number of hydrogen-bond acceptors (Lipinski definition) is 5. The summed E-state index contributed by atoms with van der Waals surface area (Å²) in [5.41, 5.74) is 0.727. The molecule has 2 heterocycles. The molecule has 0 atom stereocenters. The first kappa shape index (κ1) is 16.6. The summed E-state index contributed by atoms with van der Waals surface area (Å²) >= 11 is 0. The van der Waals surface area contributed by atoms with Gasteiger partial charge in [-0.15, -0.1) is 0 Å². The minimum Gasteiger partial charge on any atom is -0.379 e. The lowest BCUT2D eigenvalue weighted by molar-refractivity contribution is -0.121. The Balaban J connectivity index is 1.42. The van der Waals surface area contributed by atoms with Crippen LogP contribution in [0.25, 0.3) is 0 Å². The van der Waals surface area contributed by atoms with Crippen molar-refractivity contribution in [3.63, 3.8) is 0 Å². The number of fused-ring (bicyclic) bond motifs is 1. The fourth-order valence-corrected chi connectivity index (χ4v) is 2.94. The second-order valence-corrected chi connectivity index (χ2v) is 5.90. The fourth-order valence-electron chi connectivity index (χ4n) is 2.94. The third-order valence-corrected chi connectivity index (χ3v) is 4.26. The van der Waals surface area contributed by atoms with Crippen LogP contribution in [0.1, 0.15) is 27.1 Å². The predicted octanol–water partition coefficient (Wildman–Crippen LogP) is 0.121. The maximum Gasteiger partial charge on any atom is 0.262 e. The van der Waals surface area contributed by atoms with Gasteiger partial charge in [-0.2, -0.15) is 0 Å². The topological polar surface area (TPSA) is 79.0 Å². The Hall–Kier alpha value is -2.25. The molecule has 1 saturated heterocycles. The number of carbonyl (C=O) groups excluding carboxylic acids is 3. The highest BCUT2D eigenvalue weighted by molar-refractivity contribution is 6.22. The van der Waals surface area contributed by atoms with E-state index in [4.69, 9.17) is 4.74 Å². The van der Waals surface area contributed by atoms with Crippen molar-refractivity contribution in [3.8, 4) is 0 Å². The van der Waals surface area contributed by atoms with Crippen molar-refractivity contribution in [2.24, 2.45) is 0 Å². The van der Waals surface area contributed by atoms with Crippen LogP contribution in [0.5, 0.6) is 0 Å². The van der Waals surface area contributed by atoms with E-state index in [-0.39, 0.29) is 12.5 Å². The standard InChI is InChI=1S/C17H21N3O4/c21-15(18-6-3-7-19-8-10-24-11-9-19)12-20-16(22)13-4-1-2-5-14(13)17(20)23/h1-2,4-5H,3,6-12H2,(H,18,21). The van der Waals surface area contributed by atoms with Crippen molar-refractivity contribution in [2.75, 3.05) is 45.9 Å². The zero-order valence-electron chi connectivity index (χ0n) is 13.5. The van der Waals surface area contributed by atoms with Crippen LogP contribution in [0.15, 0.2) is 24.3 Å². The van der Waals surface area contributed by atoms with E-state index in [1.165, 1.54) is 0 Å². The zero-order chi connectivity index (χ0) is 16.9. The summed E-state index contributed by atoms with van der Waals surface area (Å²) in [5, 5.41) is 2.77. The Morgan fingerprint density at radius 1 is 1.08 bits per heavy atom. The number of rotatable bonds is 6. The minimum absolute atomic E-state index is 0.232. The summed E-state index contributed by atoms with van der Waals surface area (Å²) in [6.07, 6.45) is 0.827. The molecule has 1 aromatic rings. The number of nitrogens with zero attached hydrogens (tertiary/aromatic N) is 2. The molecule has 7 heteroatoms. The molecular formula is C17H21N3O4. The van der Waals surface area contributed by atoms with E-state index >= 15 is 0 Å². The van der Waals surface area contributed by atoms with Gasteiger partial charge in [-0.05, 0) is 25.1 Å². The number of nitrogens with one attached hydrogen (secondary N) is 1. The Kier molecular flexibility index (Phi) is 5.22. The quantitative estimate of drug-likeness (QED) is 0.592. The lowest BCUT2D eigenvalue weighted by Gasteiger charge is -2.26. The molecule has 0 unspecified atom stereocenters. The van der Waals surface area contributed by atoms with E-state index in [1.807, 2.05) is 0 Å². The average molecular weight is 331 g/mol. The number of ether oxygens (including phenoxy) is 1. The van der Waals surface area contributed by atoms with Crippen LogP contribution in [0.3, 0.4) is 0 Å². The van der Waals surface area contributed by atoms with Crippen LogP contribution < -0.4 is 5.32 Å². The number of morpholine rings is 1. The molecular weight excluding hydrogens is 310 g/mol. The molecule has 24 heavy (non-hydrogen) atoms. The van der Waals surface area contributed by atoms with Crippen molar-refractivity contribution in [2.45, 2.75) is 6.42 Å². The summed E-state index contributed by atoms with van der Waals surface area (Å²) in [6, 6.07) is 6.63. The lowest BCUT2D eigenvalue weighted by Crippen LogP contribution is -2.41. The van der Waals surface area contributed by atoms with Crippen molar-refractivity contribution in [1.29, 1.82) is 0 Å². The van der Waals surface area contributed by atoms with Crippen LogP contribution in [0.2, 0.25) is 0 Å². The monoisotopic (exact) mass is 331 g/mol. The highest BCUT2D eigenvalue weighted by Gasteiger charge is 2.36. The number of carbonyl (C=O) groups is 3.